The molecule has 0 radical (unpaired) electrons. The number of carbonyl (C=O) groups is 3. The van der Waals surface area contributed by atoms with Crippen molar-refractivity contribution < 1.29 is 14.4 Å². The van der Waals surface area contributed by atoms with Gasteiger partial charge < -0.3 is 5.32 Å². The first kappa shape index (κ1) is 22.0. The van der Waals surface area contributed by atoms with Crippen LogP contribution in [-0.4, -0.2) is 24.0 Å². The zero-order valence-corrected chi connectivity index (χ0v) is 19.5. The van der Waals surface area contributed by atoms with Crippen LogP contribution in [0.15, 0.2) is 0 Å². The van der Waals surface area contributed by atoms with Crippen molar-refractivity contribution in [2.75, 3.05) is 6.54 Å². The number of nitrogens with one attached hydrogen (secondary N) is 1. The number of fused-ring (bicyclic) bond motifs is 5. The Balaban J connectivity index is 1.51. The fourth-order valence-corrected chi connectivity index (χ4v) is 8.54. The van der Waals surface area contributed by atoms with E-state index in [2.05, 4.69) is 26.1 Å². The lowest BCUT2D eigenvalue weighted by molar-refractivity contribution is -0.159. The predicted molar refractivity (Wildman–Crippen MR) is 118 cm³/mol. The van der Waals surface area contributed by atoms with Gasteiger partial charge in [-0.1, -0.05) is 20.8 Å². The lowest BCUT2D eigenvalue weighted by atomic mass is 9.44. The van der Waals surface area contributed by atoms with Crippen molar-refractivity contribution in [1.29, 1.82) is 0 Å². The maximum Gasteiger partial charge on any atom is 0.219 e. The van der Waals surface area contributed by atoms with Gasteiger partial charge in [0.05, 0.1) is 0 Å². The van der Waals surface area contributed by atoms with Crippen LogP contribution in [-0.2, 0) is 14.4 Å². The molecule has 168 valence electrons. The zero-order chi connectivity index (χ0) is 21.7. The van der Waals surface area contributed by atoms with Gasteiger partial charge in [-0.15, -0.1) is 0 Å². The van der Waals surface area contributed by atoms with Crippen LogP contribution in [0.1, 0.15) is 91.9 Å². The number of hydrogen-bond acceptors (Lipinski definition) is 3. The molecule has 0 aromatic carbocycles. The van der Waals surface area contributed by atoms with Crippen molar-refractivity contribution in [2.24, 2.45) is 46.3 Å². The number of amides is 1. The van der Waals surface area contributed by atoms with Gasteiger partial charge in [0.25, 0.3) is 0 Å². The average Bonchev–Trinajstić information content (AvgIpc) is 3.05. The molecule has 0 heterocycles. The Morgan fingerprint density at radius 1 is 1.07 bits per heavy atom. The highest BCUT2D eigenvalue weighted by Gasteiger charge is 2.63. The van der Waals surface area contributed by atoms with Crippen LogP contribution in [0, 0.1) is 46.3 Å². The van der Waals surface area contributed by atoms with Crippen molar-refractivity contribution in [1.82, 2.24) is 5.32 Å². The SMILES string of the molecule is CCNC(=O)CC[C@@H](C)[C@H]1CC[C@H]2[C@@H]3C(=O)C[C@@H]4CC(=O)CC[C@]4(C)[C@H]3CC[C@]12C. The highest BCUT2D eigenvalue weighted by molar-refractivity contribution is 5.86. The van der Waals surface area contributed by atoms with Crippen LogP contribution >= 0.6 is 0 Å². The summed E-state index contributed by atoms with van der Waals surface area (Å²) in [5.41, 5.74) is 0.404. The summed E-state index contributed by atoms with van der Waals surface area (Å²) in [6, 6.07) is 0. The summed E-state index contributed by atoms with van der Waals surface area (Å²) in [6.45, 7) is 9.86. The van der Waals surface area contributed by atoms with Gasteiger partial charge in [-0.3, -0.25) is 14.4 Å². The van der Waals surface area contributed by atoms with E-state index in [1.807, 2.05) is 6.92 Å². The van der Waals surface area contributed by atoms with Gasteiger partial charge in [-0.25, -0.2) is 0 Å². The number of carbonyl (C=O) groups excluding carboxylic acids is 3. The van der Waals surface area contributed by atoms with E-state index in [-0.39, 0.29) is 28.6 Å². The number of hydrogen-bond donors (Lipinski definition) is 1. The van der Waals surface area contributed by atoms with E-state index in [9.17, 15) is 14.4 Å². The highest BCUT2D eigenvalue weighted by atomic mass is 16.1. The maximum absolute atomic E-state index is 13.4. The van der Waals surface area contributed by atoms with Crippen LogP contribution in [0.3, 0.4) is 0 Å². The Morgan fingerprint density at radius 3 is 2.53 bits per heavy atom. The summed E-state index contributed by atoms with van der Waals surface area (Å²) in [5, 5.41) is 2.93. The number of rotatable bonds is 5. The van der Waals surface area contributed by atoms with Gasteiger partial charge >= 0.3 is 0 Å². The molecule has 4 aliphatic carbocycles. The smallest absolute Gasteiger partial charge is 0.219 e. The summed E-state index contributed by atoms with van der Waals surface area (Å²) in [5.74, 6) is 3.59. The summed E-state index contributed by atoms with van der Waals surface area (Å²) >= 11 is 0. The third-order valence-electron chi connectivity index (χ3n) is 10.2. The lowest BCUT2D eigenvalue weighted by Gasteiger charge is -2.59. The molecule has 0 aromatic rings. The van der Waals surface area contributed by atoms with Crippen LogP contribution in [0.4, 0.5) is 0 Å². The Bertz CT molecular complexity index is 717. The summed E-state index contributed by atoms with van der Waals surface area (Å²) < 4.78 is 0. The third-order valence-corrected chi connectivity index (χ3v) is 10.2. The standard InChI is InChI=1S/C26H41NO3/c1-5-27-23(30)9-6-16(2)19-7-8-20-24-21(11-13-26(19,20)4)25(3)12-10-18(28)14-17(25)15-22(24)29/h16-17,19-21,24H,5-15H2,1-4H3,(H,27,30)/t16-,17+,19-,20+,21+,24+,25+,26-/m1/s1. The first-order valence-electron chi connectivity index (χ1n) is 12.5. The van der Waals surface area contributed by atoms with Crippen molar-refractivity contribution in [2.45, 2.75) is 91.9 Å². The summed E-state index contributed by atoms with van der Waals surface area (Å²) in [7, 11) is 0. The van der Waals surface area contributed by atoms with Crippen molar-refractivity contribution in [3.8, 4) is 0 Å². The minimum absolute atomic E-state index is 0.168. The Hall–Kier alpha value is -1.19. The molecule has 0 spiro atoms. The van der Waals surface area contributed by atoms with Crippen LogP contribution in [0.2, 0.25) is 0 Å². The van der Waals surface area contributed by atoms with E-state index in [4.69, 9.17) is 0 Å². The molecule has 0 unspecified atom stereocenters. The molecule has 4 saturated carbocycles. The second kappa shape index (κ2) is 8.06. The highest BCUT2D eigenvalue weighted by Crippen LogP contribution is 2.67. The molecule has 0 aromatic heterocycles. The molecule has 30 heavy (non-hydrogen) atoms. The van der Waals surface area contributed by atoms with Gasteiger partial charge in [0.1, 0.15) is 11.6 Å². The van der Waals surface area contributed by atoms with Gasteiger partial charge in [0.2, 0.25) is 5.91 Å². The zero-order valence-electron chi connectivity index (χ0n) is 19.5. The lowest BCUT2D eigenvalue weighted by Crippen LogP contribution is -2.57. The van der Waals surface area contributed by atoms with Gasteiger partial charge in [-0.2, -0.15) is 0 Å². The Morgan fingerprint density at radius 2 is 1.80 bits per heavy atom. The molecule has 0 saturated heterocycles. The summed E-state index contributed by atoms with van der Waals surface area (Å²) in [6.07, 6.45) is 9.25. The molecule has 4 fully saturated rings. The second-order valence-corrected chi connectivity index (χ2v) is 11.6. The normalized spacial score (nSPS) is 44.1. The Kier molecular flexibility index (Phi) is 5.91. The monoisotopic (exact) mass is 415 g/mol. The molecule has 0 bridgehead atoms. The number of ketones is 2. The maximum atomic E-state index is 13.4. The minimum Gasteiger partial charge on any atom is -0.356 e. The van der Waals surface area contributed by atoms with Gasteiger partial charge in [0, 0.05) is 38.1 Å². The molecule has 4 aliphatic rings. The van der Waals surface area contributed by atoms with Crippen molar-refractivity contribution >= 4 is 17.5 Å². The van der Waals surface area contributed by atoms with Crippen LogP contribution in [0.5, 0.6) is 0 Å². The first-order valence-corrected chi connectivity index (χ1v) is 12.5. The fourth-order valence-electron chi connectivity index (χ4n) is 8.54. The molecular formula is C26H41NO3. The molecule has 1 N–H and O–H groups in total. The molecule has 0 aliphatic heterocycles. The van der Waals surface area contributed by atoms with E-state index >= 15 is 0 Å². The van der Waals surface area contributed by atoms with E-state index < -0.39 is 0 Å². The van der Waals surface area contributed by atoms with Gasteiger partial charge in [-0.05, 0) is 85.9 Å². The van der Waals surface area contributed by atoms with Gasteiger partial charge in [0.15, 0.2) is 0 Å². The second-order valence-electron chi connectivity index (χ2n) is 11.6. The molecule has 4 rings (SSSR count). The van der Waals surface area contributed by atoms with E-state index in [0.29, 0.717) is 67.5 Å². The van der Waals surface area contributed by atoms with E-state index in [1.165, 1.54) is 19.3 Å². The van der Waals surface area contributed by atoms with Crippen LogP contribution in [0.25, 0.3) is 0 Å². The predicted octanol–water partition coefficient (Wildman–Crippen LogP) is 4.95. The summed E-state index contributed by atoms with van der Waals surface area (Å²) in [4.78, 5) is 37.5. The minimum atomic E-state index is 0.168. The van der Waals surface area contributed by atoms with E-state index in [0.717, 1.165) is 19.3 Å². The molecule has 4 nitrogen and oxygen atoms in total. The van der Waals surface area contributed by atoms with E-state index in [1.54, 1.807) is 0 Å². The molecule has 4 heteroatoms. The third kappa shape index (κ3) is 3.46. The molecule has 8 atom stereocenters. The number of Topliss-reactive ketones (excluding diaryl/α,β-unsaturated/α-hetero) is 2. The Labute approximate surface area is 182 Å². The topological polar surface area (TPSA) is 63.2 Å². The van der Waals surface area contributed by atoms with Crippen molar-refractivity contribution in [3.63, 3.8) is 0 Å². The van der Waals surface area contributed by atoms with Crippen LogP contribution < -0.4 is 5.32 Å². The fraction of sp³-hybridized carbons (Fsp3) is 0.885. The molecule has 1 amide bonds. The largest absolute Gasteiger partial charge is 0.356 e. The molecular weight excluding hydrogens is 374 g/mol. The van der Waals surface area contributed by atoms with Crippen molar-refractivity contribution in [3.05, 3.63) is 0 Å². The quantitative estimate of drug-likeness (QED) is 0.691. The first-order chi connectivity index (χ1) is 14.2. The average molecular weight is 416 g/mol.